The highest BCUT2D eigenvalue weighted by molar-refractivity contribution is 7.99. The third kappa shape index (κ3) is 7.62. The van der Waals surface area contributed by atoms with Gasteiger partial charge in [0.1, 0.15) is 5.75 Å². The first kappa shape index (κ1) is 15.7. The fourth-order valence-corrected chi connectivity index (χ4v) is 1.99. The van der Waals surface area contributed by atoms with Crippen LogP contribution in [-0.4, -0.2) is 30.7 Å². The van der Waals surface area contributed by atoms with Crippen molar-refractivity contribution in [1.29, 1.82) is 0 Å². The molecule has 0 atom stereocenters. The van der Waals surface area contributed by atoms with Gasteiger partial charge in [-0.25, -0.2) is 0 Å². The van der Waals surface area contributed by atoms with Crippen molar-refractivity contribution in [2.24, 2.45) is 0 Å². The second kappa shape index (κ2) is 9.55. The number of rotatable bonds is 9. The first-order valence-electron chi connectivity index (χ1n) is 6.44. The molecule has 0 radical (unpaired) electrons. The van der Waals surface area contributed by atoms with Gasteiger partial charge < -0.3 is 15.2 Å². The quantitative estimate of drug-likeness (QED) is 0.429. The van der Waals surface area contributed by atoms with Crippen LogP contribution < -0.4 is 10.5 Å². The van der Waals surface area contributed by atoms with Gasteiger partial charge in [0.2, 0.25) is 0 Å². The molecule has 1 aromatic rings. The highest BCUT2D eigenvalue weighted by atomic mass is 32.2. The van der Waals surface area contributed by atoms with Gasteiger partial charge in [0.15, 0.2) is 0 Å². The molecule has 19 heavy (non-hydrogen) atoms. The normalized spacial score (nSPS) is 10.2. The lowest BCUT2D eigenvalue weighted by atomic mass is 10.3. The number of thioether (sulfide) groups is 1. The zero-order valence-corrected chi connectivity index (χ0v) is 12.1. The Hall–Kier alpha value is -1.36. The average Bonchev–Trinajstić information content (AvgIpc) is 2.41. The summed E-state index contributed by atoms with van der Waals surface area (Å²) in [7, 11) is 0. The van der Waals surface area contributed by atoms with Gasteiger partial charge in [0, 0.05) is 5.69 Å². The van der Waals surface area contributed by atoms with E-state index in [1.807, 2.05) is 11.8 Å². The Bertz CT molecular complexity index is 367. The van der Waals surface area contributed by atoms with Gasteiger partial charge >= 0.3 is 5.97 Å². The van der Waals surface area contributed by atoms with Crippen molar-refractivity contribution < 1.29 is 14.3 Å². The van der Waals surface area contributed by atoms with Gasteiger partial charge in [-0.1, -0.05) is 6.92 Å². The summed E-state index contributed by atoms with van der Waals surface area (Å²) < 4.78 is 10.5. The fraction of sp³-hybridized carbons (Fsp3) is 0.500. The maximum atomic E-state index is 11.4. The molecule has 0 aromatic heterocycles. The van der Waals surface area contributed by atoms with Gasteiger partial charge in [-0.15, -0.1) is 0 Å². The molecular weight excluding hydrogens is 262 g/mol. The molecule has 106 valence electrons. The van der Waals surface area contributed by atoms with E-state index in [1.54, 1.807) is 24.3 Å². The monoisotopic (exact) mass is 283 g/mol. The van der Waals surface area contributed by atoms with Crippen molar-refractivity contribution in [2.75, 3.05) is 30.5 Å². The first-order chi connectivity index (χ1) is 9.22. The molecule has 0 aliphatic heterocycles. The Kier molecular flexibility index (Phi) is 7.89. The molecule has 4 nitrogen and oxygen atoms in total. The minimum Gasteiger partial charge on any atom is -0.493 e. The lowest BCUT2D eigenvalue weighted by Crippen LogP contribution is -2.11. The highest BCUT2D eigenvalue weighted by Crippen LogP contribution is 2.13. The van der Waals surface area contributed by atoms with Gasteiger partial charge in [-0.2, -0.15) is 11.8 Å². The van der Waals surface area contributed by atoms with Crippen molar-refractivity contribution in [3.63, 3.8) is 0 Å². The lowest BCUT2D eigenvalue weighted by Gasteiger charge is -2.07. The molecule has 0 fully saturated rings. The van der Waals surface area contributed by atoms with Crippen LogP contribution in [0.15, 0.2) is 24.3 Å². The predicted molar refractivity (Wildman–Crippen MR) is 79.5 cm³/mol. The second-order valence-corrected chi connectivity index (χ2v) is 5.33. The van der Waals surface area contributed by atoms with Crippen molar-refractivity contribution in [3.05, 3.63) is 24.3 Å². The van der Waals surface area contributed by atoms with Crippen LogP contribution in [0.4, 0.5) is 5.69 Å². The summed E-state index contributed by atoms with van der Waals surface area (Å²) in [5.41, 5.74) is 6.25. The van der Waals surface area contributed by atoms with E-state index < -0.39 is 0 Å². The van der Waals surface area contributed by atoms with E-state index in [-0.39, 0.29) is 12.4 Å². The molecular formula is C14H21NO3S. The Balaban J connectivity index is 2.05. The van der Waals surface area contributed by atoms with E-state index in [0.29, 0.717) is 24.7 Å². The molecule has 0 unspecified atom stereocenters. The summed E-state index contributed by atoms with van der Waals surface area (Å²) in [4.78, 5) is 11.4. The summed E-state index contributed by atoms with van der Waals surface area (Å²) in [6.07, 6.45) is 1.17. The molecule has 0 heterocycles. The largest absolute Gasteiger partial charge is 0.493 e. The number of anilines is 1. The summed E-state index contributed by atoms with van der Waals surface area (Å²) >= 11 is 1.85. The van der Waals surface area contributed by atoms with Crippen LogP contribution in [0.5, 0.6) is 5.75 Å². The predicted octanol–water partition coefficient (Wildman–Crippen LogP) is 2.72. The summed E-state index contributed by atoms with van der Waals surface area (Å²) in [5, 5.41) is 0. The van der Waals surface area contributed by atoms with Crippen LogP contribution in [0.1, 0.15) is 19.8 Å². The zero-order chi connectivity index (χ0) is 13.9. The van der Waals surface area contributed by atoms with Crippen LogP contribution in [0, 0.1) is 0 Å². The van der Waals surface area contributed by atoms with Gasteiger partial charge in [0.25, 0.3) is 0 Å². The van der Waals surface area contributed by atoms with Crippen LogP contribution >= 0.6 is 11.8 Å². The van der Waals surface area contributed by atoms with Crippen molar-refractivity contribution >= 4 is 23.4 Å². The number of ether oxygens (including phenoxy) is 2. The third-order valence-electron chi connectivity index (χ3n) is 2.36. The minimum atomic E-state index is -0.211. The maximum absolute atomic E-state index is 11.4. The second-order valence-electron chi connectivity index (χ2n) is 3.94. The molecule has 1 rings (SSSR count). The Morgan fingerprint density at radius 1 is 1.26 bits per heavy atom. The van der Waals surface area contributed by atoms with Crippen LogP contribution in [-0.2, 0) is 9.53 Å². The maximum Gasteiger partial charge on any atom is 0.309 e. The third-order valence-corrected chi connectivity index (χ3v) is 3.34. The molecule has 0 aliphatic rings. The number of benzene rings is 1. The molecule has 0 saturated carbocycles. The number of hydrogen-bond acceptors (Lipinski definition) is 5. The van der Waals surface area contributed by atoms with Crippen LogP contribution in [0.3, 0.4) is 0 Å². The van der Waals surface area contributed by atoms with Crippen molar-refractivity contribution in [3.8, 4) is 5.75 Å². The molecule has 0 amide bonds. The van der Waals surface area contributed by atoms with E-state index in [0.717, 1.165) is 17.9 Å². The first-order valence-corrected chi connectivity index (χ1v) is 7.59. The smallest absolute Gasteiger partial charge is 0.309 e. The van der Waals surface area contributed by atoms with Gasteiger partial charge in [-0.3, -0.25) is 4.79 Å². The van der Waals surface area contributed by atoms with Crippen LogP contribution in [0.2, 0.25) is 0 Å². The topological polar surface area (TPSA) is 61.5 Å². The van der Waals surface area contributed by atoms with Gasteiger partial charge in [0.05, 0.1) is 19.6 Å². The molecule has 1 aromatic carbocycles. The summed E-state index contributed by atoms with van der Waals surface area (Å²) in [5.74, 6) is 2.63. The van der Waals surface area contributed by atoms with E-state index in [4.69, 9.17) is 15.2 Å². The van der Waals surface area contributed by atoms with E-state index in [2.05, 4.69) is 6.92 Å². The number of hydrogen-bond donors (Lipinski definition) is 1. The SMILES string of the molecule is CCSCCCOC(=O)CCOc1ccc(N)cc1. The molecule has 0 bridgehead atoms. The van der Waals surface area contributed by atoms with E-state index in [1.165, 1.54) is 0 Å². The average molecular weight is 283 g/mol. The standard InChI is InChI=1S/C14H21NO3S/c1-2-19-11-3-9-18-14(16)8-10-17-13-6-4-12(15)5-7-13/h4-7H,2-3,8-11,15H2,1H3. The number of nitrogens with two attached hydrogens (primary N) is 1. The highest BCUT2D eigenvalue weighted by Gasteiger charge is 2.03. The molecule has 0 spiro atoms. The number of esters is 1. The van der Waals surface area contributed by atoms with Gasteiger partial charge in [-0.05, 0) is 42.2 Å². The minimum absolute atomic E-state index is 0.211. The fourth-order valence-electron chi connectivity index (χ4n) is 1.38. The summed E-state index contributed by atoms with van der Waals surface area (Å²) in [6, 6.07) is 7.09. The van der Waals surface area contributed by atoms with Crippen molar-refractivity contribution in [1.82, 2.24) is 0 Å². The zero-order valence-electron chi connectivity index (χ0n) is 11.3. The molecule has 0 saturated heterocycles. The van der Waals surface area contributed by atoms with E-state index in [9.17, 15) is 4.79 Å². The van der Waals surface area contributed by atoms with E-state index >= 15 is 0 Å². The Morgan fingerprint density at radius 3 is 2.68 bits per heavy atom. The molecule has 5 heteroatoms. The molecule has 2 N–H and O–H groups in total. The lowest BCUT2D eigenvalue weighted by molar-refractivity contribution is -0.144. The summed E-state index contributed by atoms with van der Waals surface area (Å²) in [6.45, 7) is 2.94. The van der Waals surface area contributed by atoms with Crippen molar-refractivity contribution in [2.45, 2.75) is 19.8 Å². The number of carbonyl (C=O) groups excluding carboxylic acids is 1. The van der Waals surface area contributed by atoms with Crippen LogP contribution in [0.25, 0.3) is 0 Å². The Morgan fingerprint density at radius 2 is 2.00 bits per heavy atom. The number of nitrogen functional groups attached to an aromatic ring is 1. The molecule has 0 aliphatic carbocycles. The number of carbonyl (C=O) groups is 1. The Labute approximate surface area is 118 Å².